The fourth-order valence-electron chi connectivity index (χ4n) is 4.67. The van der Waals surface area contributed by atoms with Gasteiger partial charge in [-0.25, -0.2) is 9.59 Å². The first-order valence-electron chi connectivity index (χ1n) is 15.3. The van der Waals surface area contributed by atoms with E-state index in [1.165, 1.54) is 11.9 Å². The standard InChI is InChI=1S/C35H51N3O6/c1-11-24-17-19-26(20-18-24)29(38(10)31(40)27(21-23(2)3)37-33(42)44-35(7,8)9)30(39)36-28(32(41)43-34(4,5)6)22-25-15-13-12-14-16-25/h12-20,23,27-29H,11,21-22H2,1-10H3,(H,36,39)(H,37,42). The Hall–Kier alpha value is -3.88. The minimum atomic E-state index is -1.09. The molecule has 3 atom stereocenters. The van der Waals surface area contributed by atoms with Gasteiger partial charge in [-0.1, -0.05) is 75.4 Å². The molecule has 0 aliphatic carbocycles. The van der Waals surface area contributed by atoms with Crippen LogP contribution in [0, 0.1) is 5.92 Å². The van der Waals surface area contributed by atoms with Crippen LogP contribution in [0.5, 0.6) is 0 Å². The number of alkyl carbamates (subject to hydrolysis) is 1. The molecule has 0 aromatic heterocycles. The molecule has 0 aliphatic rings. The number of hydrogen-bond donors (Lipinski definition) is 2. The maximum Gasteiger partial charge on any atom is 0.408 e. The molecule has 2 N–H and O–H groups in total. The first-order valence-corrected chi connectivity index (χ1v) is 15.3. The van der Waals surface area contributed by atoms with Crippen molar-refractivity contribution in [3.63, 3.8) is 0 Å². The van der Waals surface area contributed by atoms with E-state index in [9.17, 15) is 19.2 Å². The van der Waals surface area contributed by atoms with Crippen molar-refractivity contribution in [2.24, 2.45) is 5.92 Å². The quantitative estimate of drug-likeness (QED) is 0.296. The van der Waals surface area contributed by atoms with E-state index in [4.69, 9.17) is 9.47 Å². The van der Waals surface area contributed by atoms with Crippen LogP contribution >= 0.6 is 0 Å². The van der Waals surface area contributed by atoms with Gasteiger partial charge in [-0.3, -0.25) is 9.59 Å². The number of amides is 3. The summed E-state index contributed by atoms with van der Waals surface area (Å²) in [5.41, 5.74) is 0.965. The Morgan fingerprint density at radius 1 is 0.773 bits per heavy atom. The third-order valence-electron chi connectivity index (χ3n) is 6.67. The molecule has 0 saturated carbocycles. The van der Waals surface area contributed by atoms with Crippen molar-refractivity contribution in [1.29, 1.82) is 0 Å². The Bertz CT molecular complexity index is 1250. The third-order valence-corrected chi connectivity index (χ3v) is 6.67. The van der Waals surface area contributed by atoms with Crippen LogP contribution in [0.2, 0.25) is 0 Å². The SMILES string of the molecule is CCc1ccc(C(C(=O)NC(Cc2ccccc2)C(=O)OC(C)(C)C)N(C)C(=O)C(CC(C)C)NC(=O)OC(C)(C)C)cc1. The second kappa shape index (κ2) is 15.7. The van der Waals surface area contributed by atoms with Crippen molar-refractivity contribution in [3.05, 3.63) is 71.3 Å². The van der Waals surface area contributed by atoms with E-state index in [1.54, 1.807) is 41.5 Å². The van der Waals surface area contributed by atoms with Gasteiger partial charge in [0.2, 0.25) is 11.8 Å². The van der Waals surface area contributed by atoms with Crippen molar-refractivity contribution in [1.82, 2.24) is 15.5 Å². The largest absolute Gasteiger partial charge is 0.458 e. The molecule has 3 unspecified atom stereocenters. The van der Waals surface area contributed by atoms with Crippen molar-refractivity contribution in [2.75, 3.05) is 7.05 Å². The Morgan fingerprint density at radius 2 is 1.34 bits per heavy atom. The molecule has 44 heavy (non-hydrogen) atoms. The van der Waals surface area contributed by atoms with Gasteiger partial charge in [0.1, 0.15) is 29.3 Å². The lowest BCUT2D eigenvalue weighted by Gasteiger charge is -2.33. The molecule has 9 heteroatoms. The second-order valence-electron chi connectivity index (χ2n) is 13.6. The van der Waals surface area contributed by atoms with Gasteiger partial charge < -0.3 is 25.0 Å². The lowest BCUT2D eigenvalue weighted by atomic mass is 9.98. The molecule has 0 fully saturated rings. The van der Waals surface area contributed by atoms with Crippen LogP contribution in [-0.4, -0.2) is 59.1 Å². The number of rotatable bonds is 12. The van der Waals surface area contributed by atoms with Crippen LogP contribution in [0.4, 0.5) is 4.79 Å². The summed E-state index contributed by atoms with van der Waals surface area (Å²) < 4.78 is 11.1. The molecule has 0 saturated heterocycles. The summed E-state index contributed by atoms with van der Waals surface area (Å²) in [7, 11) is 1.53. The topological polar surface area (TPSA) is 114 Å². The van der Waals surface area contributed by atoms with E-state index in [2.05, 4.69) is 10.6 Å². The molecule has 2 rings (SSSR count). The van der Waals surface area contributed by atoms with Crippen molar-refractivity contribution in [2.45, 2.75) is 111 Å². The molecule has 2 aromatic carbocycles. The van der Waals surface area contributed by atoms with Gasteiger partial charge in [0.25, 0.3) is 0 Å². The number of hydrogen-bond acceptors (Lipinski definition) is 6. The van der Waals surface area contributed by atoms with Crippen LogP contribution < -0.4 is 10.6 Å². The van der Waals surface area contributed by atoms with E-state index in [0.29, 0.717) is 12.0 Å². The lowest BCUT2D eigenvalue weighted by molar-refractivity contribution is -0.159. The van der Waals surface area contributed by atoms with E-state index in [1.807, 2.05) is 75.4 Å². The minimum Gasteiger partial charge on any atom is -0.458 e. The molecule has 2 aromatic rings. The Balaban J connectivity index is 2.48. The van der Waals surface area contributed by atoms with Crippen LogP contribution in [0.15, 0.2) is 54.6 Å². The van der Waals surface area contributed by atoms with Crippen molar-refractivity contribution in [3.8, 4) is 0 Å². The summed E-state index contributed by atoms with van der Waals surface area (Å²) in [6.07, 6.45) is 0.627. The molecular formula is C35H51N3O6. The van der Waals surface area contributed by atoms with Crippen molar-refractivity contribution >= 4 is 23.9 Å². The highest BCUT2D eigenvalue weighted by molar-refractivity contribution is 5.93. The minimum absolute atomic E-state index is 0.0609. The van der Waals surface area contributed by atoms with E-state index < -0.39 is 53.2 Å². The van der Waals surface area contributed by atoms with Crippen LogP contribution in [-0.2, 0) is 36.7 Å². The van der Waals surface area contributed by atoms with Gasteiger partial charge in [0, 0.05) is 13.5 Å². The number of esters is 1. The van der Waals surface area contributed by atoms with Crippen molar-refractivity contribution < 1.29 is 28.7 Å². The van der Waals surface area contributed by atoms with E-state index in [-0.39, 0.29) is 12.3 Å². The molecule has 0 bridgehead atoms. The van der Waals surface area contributed by atoms with Gasteiger partial charge in [-0.05, 0) is 77.0 Å². The maximum atomic E-state index is 14.1. The monoisotopic (exact) mass is 609 g/mol. The fourth-order valence-corrected chi connectivity index (χ4v) is 4.67. The highest BCUT2D eigenvalue weighted by atomic mass is 16.6. The Kier molecular flexibility index (Phi) is 13.0. The zero-order valence-electron chi connectivity index (χ0n) is 28.0. The highest BCUT2D eigenvalue weighted by Gasteiger charge is 2.37. The van der Waals surface area contributed by atoms with Gasteiger partial charge in [0.05, 0.1) is 0 Å². The third kappa shape index (κ3) is 12.0. The normalized spacial score (nSPS) is 13.8. The van der Waals surface area contributed by atoms with Crippen LogP contribution in [0.25, 0.3) is 0 Å². The van der Waals surface area contributed by atoms with Gasteiger partial charge in [0.15, 0.2) is 0 Å². The first-order chi connectivity index (χ1) is 20.4. The maximum absolute atomic E-state index is 14.1. The molecular weight excluding hydrogens is 558 g/mol. The first kappa shape index (κ1) is 36.3. The van der Waals surface area contributed by atoms with Crippen LogP contribution in [0.3, 0.4) is 0 Å². The van der Waals surface area contributed by atoms with Gasteiger partial charge >= 0.3 is 12.1 Å². The zero-order valence-corrected chi connectivity index (χ0v) is 28.0. The summed E-state index contributed by atoms with van der Waals surface area (Å²) in [6.45, 7) is 16.5. The summed E-state index contributed by atoms with van der Waals surface area (Å²) in [6, 6.07) is 13.8. The molecule has 0 radical (unpaired) electrons. The number of nitrogens with one attached hydrogen (secondary N) is 2. The summed E-state index contributed by atoms with van der Waals surface area (Å²) in [4.78, 5) is 55.5. The predicted molar refractivity (Wildman–Crippen MR) is 172 cm³/mol. The molecule has 242 valence electrons. The molecule has 0 heterocycles. The molecule has 9 nitrogen and oxygen atoms in total. The van der Waals surface area contributed by atoms with E-state index >= 15 is 0 Å². The number of ether oxygens (including phenoxy) is 2. The zero-order chi connectivity index (χ0) is 33.2. The Morgan fingerprint density at radius 3 is 1.84 bits per heavy atom. The number of aryl methyl sites for hydroxylation is 1. The smallest absolute Gasteiger partial charge is 0.408 e. The summed E-state index contributed by atoms with van der Waals surface area (Å²) in [5, 5.41) is 5.59. The second-order valence-corrected chi connectivity index (χ2v) is 13.6. The van der Waals surface area contributed by atoms with Crippen LogP contribution in [0.1, 0.15) is 91.5 Å². The average molecular weight is 610 g/mol. The molecule has 3 amide bonds. The number of carbonyl (C=O) groups excluding carboxylic acids is 4. The average Bonchev–Trinajstić information content (AvgIpc) is 2.90. The number of likely N-dealkylation sites (N-methyl/N-ethyl adjacent to an activating group) is 1. The Labute approximate surface area is 263 Å². The molecule has 0 aliphatic heterocycles. The number of benzene rings is 2. The number of carbonyl (C=O) groups is 4. The summed E-state index contributed by atoms with van der Waals surface area (Å²) in [5.74, 6) is -1.52. The van der Waals surface area contributed by atoms with Gasteiger partial charge in [-0.15, -0.1) is 0 Å². The predicted octanol–water partition coefficient (Wildman–Crippen LogP) is 5.76. The van der Waals surface area contributed by atoms with Gasteiger partial charge in [-0.2, -0.15) is 0 Å². The highest BCUT2D eigenvalue weighted by Crippen LogP contribution is 2.24. The summed E-state index contributed by atoms with van der Waals surface area (Å²) >= 11 is 0. The lowest BCUT2D eigenvalue weighted by Crippen LogP contribution is -2.54. The molecule has 0 spiro atoms. The number of nitrogens with zero attached hydrogens (tertiary/aromatic N) is 1. The fraction of sp³-hybridized carbons (Fsp3) is 0.543. The van der Waals surface area contributed by atoms with E-state index in [0.717, 1.165) is 17.5 Å².